The summed E-state index contributed by atoms with van der Waals surface area (Å²) in [6.07, 6.45) is 2.59. The van der Waals surface area contributed by atoms with Gasteiger partial charge in [0, 0.05) is 37.1 Å². The number of hydrogen-bond acceptors (Lipinski definition) is 4. The fourth-order valence-corrected chi connectivity index (χ4v) is 4.19. The van der Waals surface area contributed by atoms with Gasteiger partial charge in [0.05, 0.1) is 11.0 Å². The number of aliphatic carboxylic acids is 1. The van der Waals surface area contributed by atoms with Crippen molar-refractivity contribution in [3.63, 3.8) is 0 Å². The van der Waals surface area contributed by atoms with E-state index in [0.717, 1.165) is 6.42 Å². The zero-order valence-electron chi connectivity index (χ0n) is 14.7. The highest BCUT2D eigenvalue weighted by atomic mass is 32.1. The Balaban J connectivity index is 2.12. The summed E-state index contributed by atoms with van der Waals surface area (Å²) in [4.78, 5) is 27.6. The van der Waals surface area contributed by atoms with Crippen molar-refractivity contribution >= 4 is 23.2 Å². The van der Waals surface area contributed by atoms with Crippen LogP contribution in [0.25, 0.3) is 0 Å². The third-order valence-corrected chi connectivity index (χ3v) is 5.99. The van der Waals surface area contributed by atoms with Gasteiger partial charge in [-0.2, -0.15) is 0 Å². The Kier molecular flexibility index (Phi) is 6.40. The van der Waals surface area contributed by atoms with Crippen molar-refractivity contribution in [2.24, 2.45) is 5.41 Å². The molecule has 1 amide bonds. The van der Waals surface area contributed by atoms with Gasteiger partial charge in [-0.1, -0.05) is 13.8 Å². The zero-order chi connectivity index (χ0) is 17.7. The van der Waals surface area contributed by atoms with Crippen molar-refractivity contribution in [2.75, 3.05) is 26.8 Å². The lowest BCUT2D eigenvalue weighted by atomic mass is 9.76. The summed E-state index contributed by atoms with van der Waals surface area (Å²) in [6, 6.07) is 1.94. The fraction of sp³-hybridized carbons (Fsp3) is 0.667. The molecule has 1 N–H and O–H groups in total. The Morgan fingerprint density at radius 2 is 2.21 bits per heavy atom. The highest BCUT2D eigenvalue weighted by Gasteiger charge is 2.43. The van der Waals surface area contributed by atoms with Crippen LogP contribution in [0.3, 0.4) is 0 Å². The van der Waals surface area contributed by atoms with E-state index in [0.29, 0.717) is 43.9 Å². The van der Waals surface area contributed by atoms with Crippen LogP contribution in [0.5, 0.6) is 0 Å². The first kappa shape index (κ1) is 18.9. The molecule has 24 heavy (non-hydrogen) atoms. The average Bonchev–Trinajstić information content (AvgIpc) is 3.05. The van der Waals surface area contributed by atoms with Crippen LogP contribution in [0, 0.1) is 5.41 Å². The number of carboxylic acids is 1. The minimum atomic E-state index is -0.844. The van der Waals surface area contributed by atoms with Crippen LogP contribution in [0.2, 0.25) is 0 Å². The maximum absolute atomic E-state index is 12.8. The highest BCUT2D eigenvalue weighted by Crippen LogP contribution is 2.36. The van der Waals surface area contributed by atoms with Crippen LogP contribution in [0.15, 0.2) is 11.4 Å². The van der Waals surface area contributed by atoms with Crippen LogP contribution in [-0.4, -0.2) is 48.7 Å². The third kappa shape index (κ3) is 4.16. The van der Waals surface area contributed by atoms with E-state index in [-0.39, 0.29) is 12.5 Å². The van der Waals surface area contributed by atoms with Gasteiger partial charge in [-0.05, 0) is 37.7 Å². The van der Waals surface area contributed by atoms with E-state index in [4.69, 9.17) is 4.74 Å². The quantitative estimate of drug-likeness (QED) is 0.761. The van der Waals surface area contributed by atoms with Crippen LogP contribution >= 0.6 is 11.3 Å². The molecule has 6 heteroatoms. The molecule has 0 bridgehead atoms. The lowest BCUT2D eigenvalue weighted by molar-refractivity contribution is -0.152. The lowest BCUT2D eigenvalue weighted by Crippen LogP contribution is -2.50. The normalized spacial score (nSPS) is 21.2. The van der Waals surface area contributed by atoms with Gasteiger partial charge in [-0.3, -0.25) is 9.59 Å². The maximum Gasteiger partial charge on any atom is 0.311 e. The van der Waals surface area contributed by atoms with Crippen LogP contribution in [-0.2, 0) is 9.53 Å². The van der Waals surface area contributed by atoms with E-state index < -0.39 is 11.4 Å². The predicted octanol–water partition coefficient (Wildman–Crippen LogP) is 3.61. The number of nitrogens with zero attached hydrogens (tertiary/aromatic N) is 1. The Morgan fingerprint density at radius 1 is 1.46 bits per heavy atom. The minimum Gasteiger partial charge on any atom is -0.481 e. The van der Waals surface area contributed by atoms with Gasteiger partial charge in [0.25, 0.3) is 5.91 Å². The Hall–Kier alpha value is -1.40. The molecule has 1 unspecified atom stereocenters. The monoisotopic (exact) mass is 353 g/mol. The average molecular weight is 353 g/mol. The van der Waals surface area contributed by atoms with Gasteiger partial charge in [-0.15, -0.1) is 11.3 Å². The van der Waals surface area contributed by atoms with E-state index in [9.17, 15) is 14.7 Å². The van der Waals surface area contributed by atoms with E-state index >= 15 is 0 Å². The second-order valence-electron chi connectivity index (χ2n) is 6.90. The first-order valence-electron chi connectivity index (χ1n) is 8.49. The first-order chi connectivity index (χ1) is 11.4. The Labute approximate surface area is 147 Å². The number of piperidine rings is 1. The largest absolute Gasteiger partial charge is 0.481 e. The van der Waals surface area contributed by atoms with E-state index in [2.05, 4.69) is 13.8 Å². The summed E-state index contributed by atoms with van der Waals surface area (Å²) in [5.41, 5.74) is -0.162. The number of ether oxygens (including phenoxy) is 1. The minimum absolute atomic E-state index is 0.0461. The molecule has 1 aromatic heterocycles. The van der Waals surface area contributed by atoms with Gasteiger partial charge >= 0.3 is 5.97 Å². The number of rotatable bonds is 7. The second kappa shape index (κ2) is 8.12. The van der Waals surface area contributed by atoms with Crippen molar-refractivity contribution in [3.05, 3.63) is 21.9 Å². The lowest BCUT2D eigenvalue weighted by Gasteiger charge is -2.40. The number of likely N-dealkylation sites (tertiary alicyclic amines) is 1. The number of carboxylic acid groups (broad SMARTS) is 1. The van der Waals surface area contributed by atoms with E-state index in [1.165, 1.54) is 4.88 Å². The summed E-state index contributed by atoms with van der Waals surface area (Å²) >= 11 is 1.59. The van der Waals surface area contributed by atoms with Gasteiger partial charge in [0.2, 0.25) is 0 Å². The summed E-state index contributed by atoms with van der Waals surface area (Å²) in [5, 5.41) is 11.6. The molecule has 5 nitrogen and oxygen atoms in total. The highest BCUT2D eigenvalue weighted by molar-refractivity contribution is 7.10. The molecule has 0 radical (unpaired) electrons. The summed E-state index contributed by atoms with van der Waals surface area (Å²) in [5.74, 6) is -0.454. The molecule has 1 aromatic rings. The zero-order valence-corrected chi connectivity index (χ0v) is 15.5. The van der Waals surface area contributed by atoms with Crippen LogP contribution < -0.4 is 0 Å². The Morgan fingerprint density at radius 3 is 2.79 bits per heavy atom. The standard InChI is InChI=1S/C18H27NO4S/c1-13(2)15-10-14(11-24-15)16(20)19-8-4-6-18(12-19,17(21)22)7-5-9-23-3/h10-11,13H,4-9,12H2,1-3H3,(H,21,22). The molecule has 0 saturated carbocycles. The molecule has 1 aliphatic rings. The van der Waals surface area contributed by atoms with Gasteiger partial charge in [-0.25, -0.2) is 0 Å². The molecule has 134 valence electrons. The molecule has 1 saturated heterocycles. The second-order valence-corrected chi connectivity index (χ2v) is 7.85. The smallest absolute Gasteiger partial charge is 0.311 e. The van der Waals surface area contributed by atoms with Gasteiger partial charge < -0.3 is 14.7 Å². The van der Waals surface area contributed by atoms with Crippen LogP contribution in [0.1, 0.15) is 60.7 Å². The summed E-state index contributed by atoms with van der Waals surface area (Å²) in [7, 11) is 1.62. The predicted molar refractivity (Wildman–Crippen MR) is 94.7 cm³/mol. The first-order valence-corrected chi connectivity index (χ1v) is 9.37. The van der Waals surface area contributed by atoms with Gasteiger partial charge in [0.15, 0.2) is 0 Å². The molecule has 1 atom stereocenters. The molecular formula is C18H27NO4S. The molecule has 0 aromatic carbocycles. The molecular weight excluding hydrogens is 326 g/mol. The SMILES string of the molecule is COCCCC1(C(=O)O)CCCN(C(=O)c2csc(C(C)C)c2)C1. The maximum atomic E-state index is 12.8. The van der Waals surface area contributed by atoms with Crippen molar-refractivity contribution < 1.29 is 19.4 Å². The van der Waals surface area contributed by atoms with E-state index in [1.807, 2.05) is 11.4 Å². The molecule has 0 spiro atoms. The van der Waals surface area contributed by atoms with Gasteiger partial charge in [0.1, 0.15) is 0 Å². The van der Waals surface area contributed by atoms with E-state index in [1.54, 1.807) is 23.3 Å². The van der Waals surface area contributed by atoms with Crippen LogP contribution in [0.4, 0.5) is 0 Å². The topological polar surface area (TPSA) is 66.8 Å². The number of amides is 1. The Bertz CT molecular complexity index is 583. The van der Waals surface area contributed by atoms with Crippen molar-refractivity contribution in [1.82, 2.24) is 4.90 Å². The van der Waals surface area contributed by atoms with Crippen molar-refractivity contribution in [3.8, 4) is 0 Å². The number of carbonyl (C=O) groups is 2. The molecule has 1 fully saturated rings. The van der Waals surface area contributed by atoms with Crippen molar-refractivity contribution in [2.45, 2.75) is 45.4 Å². The molecule has 1 aliphatic heterocycles. The number of thiophene rings is 1. The molecule has 2 heterocycles. The number of methoxy groups -OCH3 is 1. The third-order valence-electron chi connectivity index (χ3n) is 4.76. The molecule has 2 rings (SSSR count). The van der Waals surface area contributed by atoms with Crippen molar-refractivity contribution in [1.29, 1.82) is 0 Å². The molecule has 0 aliphatic carbocycles. The fourth-order valence-electron chi connectivity index (χ4n) is 3.30. The summed E-state index contributed by atoms with van der Waals surface area (Å²) < 4.78 is 5.05. The summed E-state index contributed by atoms with van der Waals surface area (Å²) in [6.45, 7) is 5.67. The number of carbonyl (C=O) groups excluding carboxylic acids is 1. The number of hydrogen-bond donors (Lipinski definition) is 1.